The third-order valence-corrected chi connectivity index (χ3v) is 3.61. The van der Waals surface area contributed by atoms with Gasteiger partial charge in [0.2, 0.25) is 5.88 Å². The molecule has 10 heteroatoms. The zero-order chi connectivity index (χ0) is 18.1. The Morgan fingerprint density at radius 2 is 1.92 bits per heavy atom. The number of aromatic nitrogens is 2. The van der Waals surface area contributed by atoms with Gasteiger partial charge in [0, 0.05) is 17.3 Å². The van der Waals surface area contributed by atoms with Gasteiger partial charge in [-0.05, 0) is 29.5 Å². The quantitative estimate of drug-likeness (QED) is 0.327. The molecule has 2 heterocycles. The van der Waals surface area contributed by atoms with Crippen molar-refractivity contribution in [3.05, 3.63) is 39.6 Å². The Morgan fingerprint density at radius 1 is 1.25 bits per heavy atom. The van der Waals surface area contributed by atoms with E-state index in [1.807, 2.05) is 0 Å². The van der Waals surface area contributed by atoms with Crippen LogP contribution in [0.15, 0.2) is 23.6 Å². The number of ether oxygens (including phenoxy) is 1. The molecule has 0 amide bonds. The fourth-order valence-corrected chi connectivity index (χ4v) is 2.22. The number of pyridine rings is 2. The summed E-state index contributed by atoms with van der Waals surface area (Å²) in [6.07, 6.45) is -3.98. The second kappa shape index (κ2) is 6.33. The molecule has 0 fully saturated rings. The van der Waals surface area contributed by atoms with Gasteiger partial charge in [-0.15, -0.1) is 0 Å². The molecule has 2 aromatic rings. The van der Waals surface area contributed by atoms with E-state index in [0.717, 1.165) is 6.92 Å². The van der Waals surface area contributed by atoms with E-state index in [1.54, 1.807) is 13.8 Å². The van der Waals surface area contributed by atoms with Crippen molar-refractivity contribution in [2.24, 2.45) is 5.11 Å². The van der Waals surface area contributed by atoms with Crippen molar-refractivity contribution < 1.29 is 17.9 Å². The minimum Gasteiger partial charge on any atom is -0.464 e. The van der Waals surface area contributed by atoms with E-state index in [-0.39, 0.29) is 16.4 Å². The zero-order valence-electron chi connectivity index (χ0n) is 13.0. The lowest BCUT2D eigenvalue weighted by Crippen LogP contribution is -2.31. The molecular formula is C14H13ClF3N5O. The number of nitrogens with zero attached hydrogens (tertiary/aromatic N) is 5. The summed E-state index contributed by atoms with van der Waals surface area (Å²) < 4.78 is 43.1. The zero-order valence-corrected chi connectivity index (χ0v) is 13.7. The summed E-state index contributed by atoms with van der Waals surface area (Å²) >= 11 is 5.89. The monoisotopic (exact) mass is 359 g/mol. The summed E-state index contributed by atoms with van der Waals surface area (Å²) in [4.78, 5) is 10.6. The van der Waals surface area contributed by atoms with Gasteiger partial charge in [-0.3, -0.25) is 0 Å². The molecule has 0 aliphatic rings. The maximum Gasteiger partial charge on any atom is 0.425 e. The minimum atomic E-state index is -4.53. The molecule has 1 unspecified atom stereocenters. The van der Waals surface area contributed by atoms with Gasteiger partial charge in [-0.25, -0.2) is 9.97 Å². The molecule has 0 radical (unpaired) electrons. The lowest BCUT2D eigenvalue weighted by Gasteiger charge is -2.23. The first kappa shape index (κ1) is 18.1. The van der Waals surface area contributed by atoms with Crippen LogP contribution in [0.25, 0.3) is 21.2 Å². The number of rotatable bonds is 4. The van der Waals surface area contributed by atoms with E-state index in [2.05, 4.69) is 20.0 Å². The van der Waals surface area contributed by atoms with Gasteiger partial charge >= 0.3 is 6.18 Å². The van der Waals surface area contributed by atoms with E-state index in [4.69, 9.17) is 21.9 Å². The van der Waals surface area contributed by atoms with Gasteiger partial charge in [-0.1, -0.05) is 30.6 Å². The number of halogens is 4. The van der Waals surface area contributed by atoms with Gasteiger partial charge in [0.25, 0.3) is 0 Å². The summed E-state index contributed by atoms with van der Waals surface area (Å²) in [7, 11) is 0. The smallest absolute Gasteiger partial charge is 0.425 e. The Labute approximate surface area is 140 Å². The lowest BCUT2D eigenvalue weighted by atomic mass is 9.93. The van der Waals surface area contributed by atoms with E-state index in [1.165, 1.54) is 18.5 Å². The van der Waals surface area contributed by atoms with Crippen molar-refractivity contribution in [2.45, 2.75) is 38.6 Å². The molecule has 6 nitrogen and oxygen atoms in total. The number of azide groups is 1. The van der Waals surface area contributed by atoms with Crippen LogP contribution in [0.5, 0.6) is 5.88 Å². The maximum atomic E-state index is 12.7. The van der Waals surface area contributed by atoms with Gasteiger partial charge < -0.3 is 4.74 Å². The summed E-state index contributed by atoms with van der Waals surface area (Å²) in [5, 5.41) is 4.53. The van der Waals surface area contributed by atoms with E-state index in [0.29, 0.717) is 10.9 Å². The predicted octanol–water partition coefficient (Wildman–Crippen LogP) is 5.16. The molecular weight excluding hydrogens is 347 g/mol. The molecule has 0 N–H and O–H groups in total. The SMILES string of the molecule is CC(Oc1ncc(C(C)(C)N=[N+]=[N-])c2cc(Cl)ncc12)C(F)(F)F. The van der Waals surface area contributed by atoms with Crippen molar-refractivity contribution in [2.75, 3.05) is 0 Å². The van der Waals surface area contributed by atoms with Crippen molar-refractivity contribution >= 4 is 22.4 Å². The average Bonchev–Trinajstić information content (AvgIpc) is 2.45. The Morgan fingerprint density at radius 3 is 2.50 bits per heavy atom. The normalized spacial score (nSPS) is 13.5. The van der Waals surface area contributed by atoms with Crippen molar-refractivity contribution in [1.82, 2.24) is 9.97 Å². The molecule has 1 atom stereocenters. The van der Waals surface area contributed by atoms with Crippen LogP contribution < -0.4 is 4.74 Å². The molecule has 0 bridgehead atoms. The molecule has 0 aromatic carbocycles. The van der Waals surface area contributed by atoms with Crippen LogP contribution in [0.2, 0.25) is 5.15 Å². The summed E-state index contributed by atoms with van der Waals surface area (Å²) in [5.41, 5.74) is 8.21. The molecule has 0 spiro atoms. The molecule has 128 valence electrons. The van der Waals surface area contributed by atoms with Gasteiger partial charge in [0.1, 0.15) is 5.15 Å². The van der Waals surface area contributed by atoms with Crippen LogP contribution in [-0.4, -0.2) is 22.2 Å². The number of alkyl halides is 3. The predicted molar refractivity (Wildman–Crippen MR) is 82.9 cm³/mol. The largest absolute Gasteiger partial charge is 0.464 e. The molecule has 0 aliphatic carbocycles. The third-order valence-electron chi connectivity index (χ3n) is 3.41. The summed E-state index contributed by atoms with van der Waals surface area (Å²) in [5.74, 6) is -0.223. The molecule has 2 rings (SSSR count). The van der Waals surface area contributed by atoms with Crippen LogP contribution >= 0.6 is 11.6 Å². The van der Waals surface area contributed by atoms with Crippen LogP contribution in [0.1, 0.15) is 26.3 Å². The standard InChI is InChI=1S/C14H13ClF3N5O/c1-7(14(16,17)18)24-12-9-5-20-11(15)4-8(9)10(6-21-12)13(2,3)22-23-19/h4-7H,1-3H3. The van der Waals surface area contributed by atoms with Crippen LogP contribution in [0, 0.1) is 0 Å². The van der Waals surface area contributed by atoms with E-state index >= 15 is 0 Å². The molecule has 0 saturated carbocycles. The lowest BCUT2D eigenvalue weighted by molar-refractivity contribution is -0.189. The van der Waals surface area contributed by atoms with Crippen molar-refractivity contribution in [1.29, 1.82) is 0 Å². The topological polar surface area (TPSA) is 83.8 Å². The highest BCUT2D eigenvalue weighted by molar-refractivity contribution is 6.30. The molecule has 0 saturated heterocycles. The van der Waals surface area contributed by atoms with Crippen LogP contribution in [-0.2, 0) is 5.54 Å². The highest BCUT2D eigenvalue weighted by Gasteiger charge is 2.38. The number of hydrogen-bond donors (Lipinski definition) is 0. The fourth-order valence-electron chi connectivity index (χ4n) is 2.07. The first-order valence-corrected chi connectivity index (χ1v) is 7.18. The van der Waals surface area contributed by atoms with Crippen molar-refractivity contribution in [3.8, 4) is 5.88 Å². The Bertz CT molecular complexity index is 818. The Kier molecular flexibility index (Phi) is 4.77. The summed E-state index contributed by atoms with van der Waals surface area (Å²) in [6, 6.07) is 1.47. The highest BCUT2D eigenvalue weighted by Crippen LogP contribution is 2.36. The van der Waals surface area contributed by atoms with E-state index in [9.17, 15) is 13.2 Å². The third kappa shape index (κ3) is 3.63. The fraction of sp³-hybridized carbons (Fsp3) is 0.429. The first-order valence-electron chi connectivity index (χ1n) is 6.80. The minimum absolute atomic E-state index is 0.140. The van der Waals surface area contributed by atoms with Crippen LogP contribution in [0.4, 0.5) is 13.2 Å². The number of fused-ring (bicyclic) bond motifs is 1. The van der Waals surface area contributed by atoms with Crippen LogP contribution in [0.3, 0.4) is 0 Å². The second-order valence-corrected chi connectivity index (χ2v) is 5.97. The average molecular weight is 360 g/mol. The van der Waals surface area contributed by atoms with Gasteiger partial charge in [0.05, 0.1) is 10.9 Å². The summed E-state index contributed by atoms with van der Waals surface area (Å²) in [6.45, 7) is 4.18. The maximum absolute atomic E-state index is 12.7. The van der Waals surface area contributed by atoms with Gasteiger partial charge in [0.15, 0.2) is 6.10 Å². The molecule has 0 aliphatic heterocycles. The first-order chi connectivity index (χ1) is 11.1. The molecule has 24 heavy (non-hydrogen) atoms. The Hall–Kier alpha value is -2.25. The second-order valence-electron chi connectivity index (χ2n) is 5.58. The Balaban J connectivity index is 2.65. The van der Waals surface area contributed by atoms with Crippen molar-refractivity contribution in [3.63, 3.8) is 0 Å². The van der Waals surface area contributed by atoms with Gasteiger partial charge in [-0.2, -0.15) is 13.2 Å². The number of hydrogen-bond acceptors (Lipinski definition) is 4. The highest BCUT2D eigenvalue weighted by atomic mass is 35.5. The molecule has 2 aromatic heterocycles. The van der Waals surface area contributed by atoms with E-state index < -0.39 is 17.8 Å².